The van der Waals surface area contributed by atoms with E-state index in [1.54, 1.807) is 0 Å². The van der Waals surface area contributed by atoms with E-state index in [-0.39, 0.29) is 6.01 Å². The number of hydrogen-bond acceptors (Lipinski definition) is 7. The van der Waals surface area contributed by atoms with Crippen LogP contribution in [0.5, 0.6) is 6.01 Å². The minimum atomic E-state index is -1.80. The summed E-state index contributed by atoms with van der Waals surface area (Å²) in [7, 11) is 0. The lowest BCUT2D eigenvalue weighted by Crippen LogP contribution is -2.45. The number of ether oxygens (including phenoxy) is 2. The molecule has 1 saturated heterocycles. The van der Waals surface area contributed by atoms with Gasteiger partial charge in [0.2, 0.25) is 5.72 Å². The summed E-state index contributed by atoms with van der Waals surface area (Å²) in [5, 5.41) is 22.7. The van der Waals surface area contributed by atoms with Crippen LogP contribution in [0.2, 0.25) is 0 Å². The van der Waals surface area contributed by atoms with Gasteiger partial charge in [0.15, 0.2) is 12.3 Å². The zero-order valence-electron chi connectivity index (χ0n) is 9.45. The van der Waals surface area contributed by atoms with E-state index >= 15 is 0 Å². The summed E-state index contributed by atoms with van der Waals surface area (Å²) in [6.07, 6.45) is -1.72. The standard InChI is InChI=1S/C9H9N5O5/c10-13-12-9(3-15)6(17)5-7(19-9)14-2-1-4(16)11-8(14)18-5/h1-2,5-7,15,17H,3H2. The predicted molar refractivity (Wildman–Crippen MR) is 58.0 cm³/mol. The van der Waals surface area contributed by atoms with Crippen LogP contribution in [0.25, 0.3) is 10.4 Å². The summed E-state index contributed by atoms with van der Waals surface area (Å²) in [5.41, 5.74) is 6.21. The summed E-state index contributed by atoms with van der Waals surface area (Å²) in [5.74, 6) is 0. The minimum absolute atomic E-state index is 0.00836. The monoisotopic (exact) mass is 267 g/mol. The Morgan fingerprint density at radius 2 is 2.47 bits per heavy atom. The van der Waals surface area contributed by atoms with Crippen molar-refractivity contribution >= 4 is 0 Å². The molecule has 1 aromatic rings. The second-order valence-corrected chi connectivity index (χ2v) is 4.18. The number of aromatic nitrogens is 2. The van der Waals surface area contributed by atoms with Gasteiger partial charge in [0.05, 0.1) is 6.61 Å². The van der Waals surface area contributed by atoms with Gasteiger partial charge in [-0.1, -0.05) is 5.11 Å². The summed E-state index contributed by atoms with van der Waals surface area (Å²) >= 11 is 0. The largest absolute Gasteiger partial charge is 0.453 e. The maximum atomic E-state index is 11.1. The van der Waals surface area contributed by atoms with E-state index in [1.165, 1.54) is 16.8 Å². The van der Waals surface area contributed by atoms with Crippen molar-refractivity contribution in [1.82, 2.24) is 9.55 Å². The zero-order valence-corrected chi connectivity index (χ0v) is 9.45. The third-order valence-electron chi connectivity index (χ3n) is 3.14. The van der Waals surface area contributed by atoms with Gasteiger partial charge in [-0.15, -0.1) is 0 Å². The molecule has 10 nitrogen and oxygen atoms in total. The third-order valence-corrected chi connectivity index (χ3v) is 3.14. The van der Waals surface area contributed by atoms with Gasteiger partial charge in [-0.25, -0.2) is 0 Å². The van der Waals surface area contributed by atoms with E-state index in [0.29, 0.717) is 0 Å². The highest BCUT2D eigenvalue weighted by atomic mass is 16.6. The Balaban J connectivity index is 2.03. The van der Waals surface area contributed by atoms with E-state index in [0.717, 1.165) is 0 Å². The zero-order chi connectivity index (χ0) is 13.6. The van der Waals surface area contributed by atoms with E-state index in [9.17, 15) is 15.0 Å². The fraction of sp³-hybridized carbons (Fsp3) is 0.556. The minimum Gasteiger partial charge on any atom is -0.453 e. The van der Waals surface area contributed by atoms with Gasteiger partial charge in [-0.05, 0) is 5.53 Å². The van der Waals surface area contributed by atoms with Crippen molar-refractivity contribution in [3.63, 3.8) is 0 Å². The van der Waals surface area contributed by atoms with Crippen molar-refractivity contribution < 1.29 is 19.7 Å². The van der Waals surface area contributed by atoms with E-state index < -0.39 is 36.3 Å². The molecule has 4 unspecified atom stereocenters. The summed E-state index contributed by atoms with van der Waals surface area (Å²) < 4.78 is 12.1. The fourth-order valence-corrected chi connectivity index (χ4v) is 2.22. The first-order valence-electron chi connectivity index (χ1n) is 5.40. The molecule has 0 radical (unpaired) electrons. The fourth-order valence-electron chi connectivity index (χ4n) is 2.22. The molecular weight excluding hydrogens is 258 g/mol. The van der Waals surface area contributed by atoms with Gasteiger partial charge in [0.25, 0.3) is 5.56 Å². The molecule has 2 aliphatic rings. The number of rotatable bonds is 2. The Bertz CT molecular complexity index is 626. The highest BCUT2D eigenvalue weighted by molar-refractivity contribution is 5.13. The number of aliphatic hydroxyl groups is 2. The molecule has 1 fully saturated rings. The number of azide groups is 1. The molecule has 19 heavy (non-hydrogen) atoms. The van der Waals surface area contributed by atoms with Gasteiger partial charge >= 0.3 is 6.01 Å². The molecule has 3 heterocycles. The Morgan fingerprint density at radius 3 is 3.16 bits per heavy atom. The van der Waals surface area contributed by atoms with Crippen molar-refractivity contribution in [3.8, 4) is 6.01 Å². The lowest BCUT2D eigenvalue weighted by atomic mass is 10.1. The first-order chi connectivity index (χ1) is 9.11. The first kappa shape index (κ1) is 11.9. The van der Waals surface area contributed by atoms with Gasteiger partial charge < -0.3 is 19.7 Å². The van der Waals surface area contributed by atoms with E-state index in [2.05, 4.69) is 15.0 Å². The molecule has 0 aliphatic carbocycles. The molecule has 0 bridgehead atoms. The summed E-state index contributed by atoms with van der Waals surface area (Å²) in [6.45, 7) is -0.697. The SMILES string of the molecule is [N-]=[N+]=NC1(CO)OC2C(Oc3nc(=O)ccn32)C1O. The molecule has 2 aliphatic heterocycles. The highest BCUT2D eigenvalue weighted by Crippen LogP contribution is 2.44. The highest BCUT2D eigenvalue weighted by Gasteiger charge is 2.59. The third kappa shape index (κ3) is 1.52. The molecule has 4 atom stereocenters. The van der Waals surface area contributed by atoms with Crippen LogP contribution in [-0.2, 0) is 4.74 Å². The average molecular weight is 267 g/mol. The van der Waals surface area contributed by atoms with Crippen LogP contribution in [0.15, 0.2) is 22.2 Å². The number of hydrogen-bond donors (Lipinski definition) is 2. The van der Waals surface area contributed by atoms with Crippen molar-refractivity contribution in [2.24, 2.45) is 5.11 Å². The van der Waals surface area contributed by atoms with E-state index in [1.807, 2.05) is 0 Å². The molecular formula is C9H9N5O5. The van der Waals surface area contributed by atoms with Gasteiger partial charge in [-0.3, -0.25) is 9.36 Å². The summed E-state index contributed by atoms with van der Waals surface area (Å²) in [4.78, 5) is 17.3. The van der Waals surface area contributed by atoms with Crippen LogP contribution in [0.1, 0.15) is 6.23 Å². The van der Waals surface area contributed by atoms with Crippen LogP contribution in [-0.4, -0.2) is 44.3 Å². The van der Waals surface area contributed by atoms with Gasteiger partial charge in [-0.2, -0.15) is 4.98 Å². The predicted octanol–water partition coefficient (Wildman–Crippen LogP) is -1.11. The molecule has 2 N–H and O–H groups in total. The van der Waals surface area contributed by atoms with Crippen molar-refractivity contribution in [2.45, 2.75) is 24.2 Å². The first-order valence-corrected chi connectivity index (χ1v) is 5.40. The average Bonchev–Trinajstić information content (AvgIpc) is 2.86. The molecule has 1 aromatic heterocycles. The van der Waals surface area contributed by atoms with Crippen LogP contribution in [0, 0.1) is 0 Å². The number of fused-ring (bicyclic) bond motifs is 3. The molecule has 0 saturated carbocycles. The van der Waals surface area contributed by atoms with Crippen LogP contribution in [0.3, 0.4) is 0 Å². The Morgan fingerprint density at radius 1 is 1.68 bits per heavy atom. The molecule has 3 rings (SSSR count). The number of nitrogens with zero attached hydrogens (tertiary/aromatic N) is 5. The van der Waals surface area contributed by atoms with Crippen LogP contribution in [0.4, 0.5) is 0 Å². The maximum Gasteiger partial charge on any atom is 0.302 e. The molecule has 0 amide bonds. The maximum absolute atomic E-state index is 11.1. The quantitative estimate of drug-likeness (QED) is 0.395. The van der Waals surface area contributed by atoms with Crippen LogP contribution >= 0.6 is 0 Å². The second-order valence-electron chi connectivity index (χ2n) is 4.18. The molecule has 0 aromatic carbocycles. The molecule has 100 valence electrons. The Labute approximate surface area is 105 Å². The lowest BCUT2D eigenvalue weighted by Gasteiger charge is -2.25. The Hall–Kier alpha value is -2.13. The van der Waals surface area contributed by atoms with Gasteiger partial charge in [0.1, 0.15) is 6.10 Å². The van der Waals surface area contributed by atoms with Gasteiger partial charge in [0, 0.05) is 17.2 Å². The smallest absolute Gasteiger partial charge is 0.302 e. The van der Waals surface area contributed by atoms with Crippen LogP contribution < -0.4 is 10.3 Å². The molecule has 10 heteroatoms. The van der Waals surface area contributed by atoms with Crippen molar-refractivity contribution in [1.29, 1.82) is 0 Å². The Kier molecular flexibility index (Phi) is 2.47. The van der Waals surface area contributed by atoms with Crippen molar-refractivity contribution in [3.05, 3.63) is 33.1 Å². The summed E-state index contributed by atoms with van der Waals surface area (Å²) in [6, 6.07) is 1.21. The topological polar surface area (TPSA) is 143 Å². The second kappa shape index (κ2) is 3.93. The van der Waals surface area contributed by atoms with E-state index in [4.69, 9.17) is 15.0 Å². The molecule has 0 spiro atoms. The van der Waals surface area contributed by atoms with Crippen molar-refractivity contribution in [2.75, 3.05) is 6.61 Å². The lowest BCUT2D eigenvalue weighted by molar-refractivity contribution is -0.123. The number of aliphatic hydroxyl groups excluding tert-OH is 2. The normalized spacial score (nSPS) is 35.2.